The average Bonchev–Trinajstić information content (AvgIpc) is 2.03. The van der Waals surface area contributed by atoms with Crippen molar-refractivity contribution in [2.75, 3.05) is 0 Å². The summed E-state index contributed by atoms with van der Waals surface area (Å²) in [6, 6.07) is 0. The zero-order valence-electron chi connectivity index (χ0n) is 8.22. The molecular weight excluding hydrogens is 197 g/mol. The van der Waals surface area contributed by atoms with Gasteiger partial charge >= 0.3 is 6.18 Å². The summed E-state index contributed by atoms with van der Waals surface area (Å²) in [4.78, 5) is 0. The largest absolute Gasteiger partial charge is 0.414 e. The van der Waals surface area contributed by atoms with E-state index in [0.29, 0.717) is 12.8 Å². The first-order valence-corrected chi connectivity index (χ1v) is 4.80. The first-order valence-electron chi connectivity index (χ1n) is 4.80. The van der Waals surface area contributed by atoms with Crippen molar-refractivity contribution in [3.8, 4) is 0 Å². The summed E-state index contributed by atoms with van der Waals surface area (Å²) in [5, 5.41) is 17.8. The van der Waals surface area contributed by atoms with E-state index in [1.165, 1.54) is 0 Å². The number of halogens is 3. The molecule has 0 aliphatic heterocycles. The fraction of sp³-hybridized carbons (Fsp3) is 1.00. The normalized spacial score (nSPS) is 16.7. The van der Waals surface area contributed by atoms with Crippen LogP contribution in [0.2, 0.25) is 0 Å². The zero-order chi connectivity index (χ0) is 11.2. The van der Waals surface area contributed by atoms with Crippen LogP contribution in [-0.2, 0) is 0 Å². The molecule has 0 rings (SSSR count). The molecule has 0 aromatic carbocycles. The summed E-state index contributed by atoms with van der Waals surface area (Å²) in [5.74, 6) is 0. The smallest absolute Gasteiger partial charge is 0.393 e. The fourth-order valence-electron chi connectivity index (χ4n) is 1.14. The molecule has 0 heterocycles. The molecule has 86 valence electrons. The Morgan fingerprint density at radius 3 is 2.14 bits per heavy atom. The summed E-state index contributed by atoms with van der Waals surface area (Å²) < 4.78 is 35.5. The first kappa shape index (κ1) is 13.7. The molecule has 0 saturated carbocycles. The molecule has 5 heteroatoms. The van der Waals surface area contributed by atoms with Crippen molar-refractivity contribution in [1.82, 2.24) is 0 Å². The van der Waals surface area contributed by atoms with Crippen LogP contribution in [0.3, 0.4) is 0 Å². The third kappa shape index (κ3) is 6.21. The summed E-state index contributed by atoms with van der Waals surface area (Å²) in [7, 11) is 0. The first-order chi connectivity index (χ1) is 6.38. The predicted octanol–water partition coefficient (Wildman–Crippen LogP) is 2.24. The lowest BCUT2D eigenvalue weighted by Gasteiger charge is -2.17. The molecule has 0 amide bonds. The highest BCUT2D eigenvalue weighted by atomic mass is 19.4. The van der Waals surface area contributed by atoms with Crippen molar-refractivity contribution in [1.29, 1.82) is 0 Å². The summed E-state index contributed by atoms with van der Waals surface area (Å²) >= 11 is 0. The van der Waals surface area contributed by atoms with Crippen molar-refractivity contribution in [2.24, 2.45) is 0 Å². The minimum atomic E-state index is -4.62. The Kier molecular flexibility index (Phi) is 6.11. The van der Waals surface area contributed by atoms with Crippen molar-refractivity contribution in [3.05, 3.63) is 0 Å². The van der Waals surface area contributed by atoms with Gasteiger partial charge in [-0.3, -0.25) is 0 Å². The van der Waals surface area contributed by atoms with Gasteiger partial charge in [0, 0.05) is 6.42 Å². The van der Waals surface area contributed by atoms with E-state index in [-0.39, 0.29) is 0 Å². The maximum atomic E-state index is 11.8. The van der Waals surface area contributed by atoms with E-state index < -0.39 is 24.8 Å². The maximum Gasteiger partial charge on any atom is 0.414 e. The molecule has 2 nitrogen and oxygen atoms in total. The number of rotatable bonds is 6. The van der Waals surface area contributed by atoms with Gasteiger partial charge in [-0.15, -0.1) is 0 Å². The number of aliphatic hydroxyl groups excluding tert-OH is 2. The minimum absolute atomic E-state index is 0.320. The van der Waals surface area contributed by atoms with Crippen LogP contribution in [0.15, 0.2) is 0 Å². The molecule has 0 aliphatic rings. The van der Waals surface area contributed by atoms with Gasteiger partial charge < -0.3 is 10.2 Å². The molecule has 14 heavy (non-hydrogen) atoms. The molecule has 2 N–H and O–H groups in total. The van der Waals surface area contributed by atoms with Crippen LogP contribution in [0.25, 0.3) is 0 Å². The molecule has 0 aromatic rings. The Labute approximate surface area is 81.7 Å². The topological polar surface area (TPSA) is 40.5 Å². The Morgan fingerprint density at radius 2 is 1.71 bits per heavy atom. The minimum Gasteiger partial charge on any atom is -0.393 e. The zero-order valence-corrected chi connectivity index (χ0v) is 8.22. The average molecular weight is 214 g/mol. The Hall–Kier alpha value is -0.290. The van der Waals surface area contributed by atoms with Crippen LogP contribution >= 0.6 is 0 Å². The standard InChI is InChI=1S/C9H17F3O2/c1-2-3-4-5-7(13)6-8(14)9(10,11)12/h7-8,13-14H,2-6H2,1H3. The summed E-state index contributed by atoms with van der Waals surface area (Å²) in [6.07, 6.45) is -5.84. The predicted molar refractivity (Wildman–Crippen MR) is 46.8 cm³/mol. The fourth-order valence-corrected chi connectivity index (χ4v) is 1.14. The molecule has 0 spiro atoms. The van der Waals surface area contributed by atoms with Crippen molar-refractivity contribution in [3.63, 3.8) is 0 Å². The van der Waals surface area contributed by atoms with Crippen molar-refractivity contribution >= 4 is 0 Å². The molecule has 0 radical (unpaired) electrons. The van der Waals surface area contributed by atoms with Gasteiger partial charge in [-0.2, -0.15) is 13.2 Å². The van der Waals surface area contributed by atoms with Crippen LogP contribution in [0.4, 0.5) is 13.2 Å². The highest BCUT2D eigenvalue weighted by Crippen LogP contribution is 2.24. The molecule has 2 atom stereocenters. The van der Waals surface area contributed by atoms with Gasteiger partial charge in [-0.1, -0.05) is 26.2 Å². The summed E-state index contributed by atoms with van der Waals surface area (Å²) in [5.41, 5.74) is 0. The second-order valence-corrected chi connectivity index (χ2v) is 3.44. The molecule has 0 fully saturated rings. The van der Waals surface area contributed by atoms with Gasteiger partial charge in [0.25, 0.3) is 0 Å². The van der Waals surface area contributed by atoms with E-state index >= 15 is 0 Å². The quantitative estimate of drug-likeness (QED) is 0.666. The van der Waals surface area contributed by atoms with Crippen LogP contribution in [0.1, 0.15) is 39.0 Å². The maximum absolute atomic E-state index is 11.8. The van der Waals surface area contributed by atoms with E-state index in [0.717, 1.165) is 12.8 Å². The van der Waals surface area contributed by atoms with E-state index in [9.17, 15) is 13.2 Å². The third-order valence-corrected chi connectivity index (χ3v) is 2.01. The van der Waals surface area contributed by atoms with Gasteiger partial charge in [0.15, 0.2) is 6.10 Å². The van der Waals surface area contributed by atoms with Crippen molar-refractivity contribution < 1.29 is 23.4 Å². The molecule has 0 aliphatic carbocycles. The Bertz CT molecular complexity index is 147. The second kappa shape index (κ2) is 6.24. The molecule has 0 aromatic heterocycles. The molecule has 2 unspecified atom stereocenters. The number of unbranched alkanes of at least 4 members (excludes halogenated alkanes) is 2. The summed E-state index contributed by atoms with van der Waals surface area (Å²) in [6.45, 7) is 1.97. The molecular formula is C9H17F3O2. The van der Waals surface area contributed by atoms with Gasteiger partial charge in [0.05, 0.1) is 6.10 Å². The second-order valence-electron chi connectivity index (χ2n) is 3.44. The lowest BCUT2D eigenvalue weighted by molar-refractivity contribution is -0.211. The van der Waals surface area contributed by atoms with E-state index in [1.807, 2.05) is 6.92 Å². The number of hydrogen-bond donors (Lipinski definition) is 2. The van der Waals surface area contributed by atoms with Crippen molar-refractivity contribution in [2.45, 2.75) is 57.4 Å². The number of aliphatic hydroxyl groups is 2. The van der Waals surface area contributed by atoms with Gasteiger partial charge in [0.1, 0.15) is 0 Å². The Morgan fingerprint density at radius 1 is 1.14 bits per heavy atom. The van der Waals surface area contributed by atoms with E-state index in [1.54, 1.807) is 0 Å². The SMILES string of the molecule is CCCCCC(O)CC(O)C(F)(F)F. The lowest BCUT2D eigenvalue weighted by Crippen LogP contribution is -2.32. The van der Waals surface area contributed by atoms with Crippen LogP contribution in [-0.4, -0.2) is 28.6 Å². The van der Waals surface area contributed by atoms with E-state index in [4.69, 9.17) is 10.2 Å². The number of alkyl halides is 3. The third-order valence-electron chi connectivity index (χ3n) is 2.01. The highest BCUT2D eigenvalue weighted by Gasteiger charge is 2.38. The van der Waals surface area contributed by atoms with Crippen LogP contribution in [0, 0.1) is 0 Å². The van der Waals surface area contributed by atoms with Crippen LogP contribution in [0.5, 0.6) is 0 Å². The van der Waals surface area contributed by atoms with Gasteiger partial charge in [-0.25, -0.2) is 0 Å². The lowest BCUT2D eigenvalue weighted by atomic mass is 10.0. The molecule has 0 bridgehead atoms. The molecule has 0 saturated heterocycles. The van der Waals surface area contributed by atoms with Crippen LogP contribution < -0.4 is 0 Å². The number of hydrogen-bond acceptors (Lipinski definition) is 2. The Balaban J connectivity index is 3.66. The van der Waals surface area contributed by atoms with Gasteiger partial charge in [-0.05, 0) is 6.42 Å². The van der Waals surface area contributed by atoms with Gasteiger partial charge in [0.2, 0.25) is 0 Å². The highest BCUT2D eigenvalue weighted by molar-refractivity contribution is 4.70. The van der Waals surface area contributed by atoms with E-state index in [2.05, 4.69) is 0 Å². The monoisotopic (exact) mass is 214 g/mol.